The molecule has 0 aliphatic carbocycles. The van der Waals surface area contributed by atoms with Crippen LogP contribution in [0.3, 0.4) is 0 Å². The first-order valence-electron chi connectivity index (χ1n) is 10.3. The number of piperidine rings is 1. The number of methoxy groups -OCH3 is 2. The number of carbonyl (C=O) groups is 1. The lowest BCUT2D eigenvalue weighted by molar-refractivity contribution is -0.146. The summed E-state index contributed by atoms with van der Waals surface area (Å²) in [6.07, 6.45) is 4.32. The van der Waals surface area contributed by atoms with Gasteiger partial charge in [0.05, 0.1) is 24.7 Å². The van der Waals surface area contributed by atoms with Crippen molar-refractivity contribution in [1.29, 1.82) is 0 Å². The number of amides is 1. The van der Waals surface area contributed by atoms with Crippen molar-refractivity contribution in [1.82, 2.24) is 19.8 Å². The number of aryl methyl sites for hydroxylation is 1. The quantitative estimate of drug-likeness (QED) is 0.837. The summed E-state index contributed by atoms with van der Waals surface area (Å²) in [6, 6.07) is 6.37. The van der Waals surface area contributed by atoms with Crippen molar-refractivity contribution in [3.05, 3.63) is 47.0 Å². The van der Waals surface area contributed by atoms with E-state index in [1.807, 2.05) is 4.90 Å². The molecule has 2 aliphatic heterocycles. The molecule has 2 aliphatic rings. The molecule has 1 N–H and O–H groups in total. The third-order valence-electron chi connectivity index (χ3n) is 6.35. The minimum absolute atomic E-state index is 0.0507. The fourth-order valence-electron chi connectivity index (χ4n) is 4.85. The van der Waals surface area contributed by atoms with E-state index in [2.05, 4.69) is 40.0 Å². The Morgan fingerprint density at radius 2 is 2.03 bits per heavy atom. The van der Waals surface area contributed by atoms with E-state index in [9.17, 15) is 4.79 Å². The van der Waals surface area contributed by atoms with Gasteiger partial charge in [0, 0.05) is 51.0 Å². The Morgan fingerprint density at radius 3 is 2.76 bits per heavy atom. The summed E-state index contributed by atoms with van der Waals surface area (Å²) in [4.78, 5) is 25.2. The van der Waals surface area contributed by atoms with Gasteiger partial charge in [-0.25, -0.2) is 4.98 Å². The third kappa shape index (κ3) is 3.65. The molecule has 4 rings (SSSR count). The first kappa shape index (κ1) is 19.9. The van der Waals surface area contributed by atoms with Gasteiger partial charge in [-0.15, -0.1) is 0 Å². The molecule has 1 saturated heterocycles. The van der Waals surface area contributed by atoms with E-state index < -0.39 is 0 Å². The molecule has 1 aromatic heterocycles. The fourth-order valence-corrected chi connectivity index (χ4v) is 4.85. The fraction of sp³-hybridized carbons (Fsp3) is 0.545. The van der Waals surface area contributed by atoms with Crippen molar-refractivity contribution in [3.8, 4) is 5.75 Å². The number of rotatable bonds is 5. The maximum Gasteiger partial charge on any atom is 0.249 e. The molecular formula is C22H30N4O3. The molecule has 0 radical (unpaired) electrons. The highest BCUT2D eigenvalue weighted by atomic mass is 16.5. The van der Waals surface area contributed by atoms with Crippen LogP contribution >= 0.6 is 0 Å². The number of benzene rings is 1. The first-order valence-corrected chi connectivity index (χ1v) is 10.3. The molecule has 0 saturated carbocycles. The standard InChI is InChI=1S/C22H30N4O3/c1-16-4-5-17(19(12-16)29-3)13-25-10-7-22(8-11-25)21-18(23-15-24-21)6-9-26(22)20(27)14-28-2/h4-5,12,15H,6-11,13-14H2,1-3H3,(H,23,24). The number of fused-ring (bicyclic) bond motifs is 2. The van der Waals surface area contributed by atoms with E-state index in [-0.39, 0.29) is 18.1 Å². The Kier molecular flexibility index (Phi) is 5.61. The van der Waals surface area contributed by atoms with Gasteiger partial charge in [0.15, 0.2) is 0 Å². The molecule has 1 spiro atoms. The summed E-state index contributed by atoms with van der Waals surface area (Å²) in [5, 5.41) is 0. The van der Waals surface area contributed by atoms with E-state index >= 15 is 0 Å². The van der Waals surface area contributed by atoms with Crippen LogP contribution in [0.5, 0.6) is 5.75 Å². The summed E-state index contributed by atoms with van der Waals surface area (Å²) in [6.45, 7) is 5.56. The van der Waals surface area contributed by atoms with Crippen LogP contribution in [0, 0.1) is 6.92 Å². The number of imidazole rings is 1. The molecule has 3 heterocycles. The molecule has 2 aromatic rings. The number of aromatic nitrogens is 2. The summed E-state index contributed by atoms with van der Waals surface area (Å²) in [7, 11) is 3.30. The van der Waals surface area contributed by atoms with Crippen LogP contribution in [0.4, 0.5) is 0 Å². The van der Waals surface area contributed by atoms with Gasteiger partial charge in [-0.2, -0.15) is 0 Å². The van der Waals surface area contributed by atoms with Crippen LogP contribution in [0.15, 0.2) is 24.5 Å². The van der Waals surface area contributed by atoms with E-state index in [1.165, 1.54) is 16.8 Å². The Bertz CT molecular complexity index is 871. The maximum atomic E-state index is 12.8. The van der Waals surface area contributed by atoms with Gasteiger partial charge in [0.2, 0.25) is 5.91 Å². The van der Waals surface area contributed by atoms with Crippen LogP contribution in [-0.4, -0.2) is 66.1 Å². The molecule has 29 heavy (non-hydrogen) atoms. The number of H-pyrrole nitrogens is 1. The zero-order chi connectivity index (χ0) is 20.4. The number of likely N-dealkylation sites (tertiary alicyclic amines) is 1. The minimum Gasteiger partial charge on any atom is -0.496 e. The van der Waals surface area contributed by atoms with Crippen molar-refractivity contribution < 1.29 is 14.3 Å². The molecular weight excluding hydrogens is 368 g/mol. The first-order chi connectivity index (χ1) is 14.1. The van der Waals surface area contributed by atoms with Crippen LogP contribution in [-0.2, 0) is 28.0 Å². The monoisotopic (exact) mass is 398 g/mol. The number of carbonyl (C=O) groups excluding carboxylic acids is 1. The number of hydrogen-bond acceptors (Lipinski definition) is 5. The highest BCUT2D eigenvalue weighted by Gasteiger charge is 2.48. The number of nitrogens with one attached hydrogen (secondary N) is 1. The number of nitrogens with zero attached hydrogens (tertiary/aromatic N) is 3. The molecule has 1 aromatic carbocycles. The lowest BCUT2D eigenvalue weighted by Crippen LogP contribution is -2.58. The molecule has 0 atom stereocenters. The van der Waals surface area contributed by atoms with Gasteiger partial charge < -0.3 is 19.4 Å². The van der Waals surface area contributed by atoms with Crippen LogP contribution in [0.25, 0.3) is 0 Å². The topological polar surface area (TPSA) is 70.7 Å². The van der Waals surface area contributed by atoms with Crippen molar-refractivity contribution in [2.75, 3.05) is 40.5 Å². The highest BCUT2D eigenvalue weighted by molar-refractivity contribution is 5.79. The van der Waals surface area contributed by atoms with Gasteiger partial charge in [0.1, 0.15) is 12.4 Å². The molecule has 0 unspecified atom stereocenters. The second-order valence-electron chi connectivity index (χ2n) is 8.08. The van der Waals surface area contributed by atoms with Crippen molar-refractivity contribution in [3.63, 3.8) is 0 Å². The lowest BCUT2D eigenvalue weighted by atomic mass is 9.78. The smallest absolute Gasteiger partial charge is 0.249 e. The minimum atomic E-state index is -0.336. The van der Waals surface area contributed by atoms with Gasteiger partial charge in [-0.3, -0.25) is 9.69 Å². The third-order valence-corrected chi connectivity index (χ3v) is 6.35. The summed E-state index contributed by atoms with van der Waals surface area (Å²) in [5.74, 6) is 0.990. The Balaban J connectivity index is 1.54. The van der Waals surface area contributed by atoms with Crippen LogP contribution in [0.2, 0.25) is 0 Å². The van der Waals surface area contributed by atoms with Gasteiger partial charge in [-0.05, 0) is 31.4 Å². The summed E-state index contributed by atoms with van der Waals surface area (Å²) in [5.41, 5.74) is 4.27. The van der Waals surface area contributed by atoms with Crippen LogP contribution in [0.1, 0.15) is 35.4 Å². The lowest BCUT2D eigenvalue weighted by Gasteiger charge is -2.50. The SMILES string of the molecule is COCC(=O)N1CCc2[nH]cnc2C12CCN(Cc1ccc(C)cc1OC)CC2. The van der Waals surface area contributed by atoms with Crippen molar-refractivity contribution in [2.24, 2.45) is 0 Å². The van der Waals surface area contributed by atoms with Crippen LogP contribution < -0.4 is 4.74 Å². The highest BCUT2D eigenvalue weighted by Crippen LogP contribution is 2.42. The molecule has 1 amide bonds. The number of ether oxygens (including phenoxy) is 2. The van der Waals surface area contributed by atoms with E-state index in [0.29, 0.717) is 6.54 Å². The zero-order valence-corrected chi connectivity index (χ0v) is 17.5. The molecule has 1 fully saturated rings. The van der Waals surface area contributed by atoms with Gasteiger partial charge in [0.25, 0.3) is 0 Å². The van der Waals surface area contributed by atoms with Gasteiger partial charge in [-0.1, -0.05) is 12.1 Å². The average molecular weight is 399 g/mol. The molecule has 7 nitrogen and oxygen atoms in total. The predicted molar refractivity (Wildman–Crippen MR) is 110 cm³/mol. The maximum absolute atomic E-state index is 12.8. The predicted octanol–water partition coefficient (Wildman–Crippen LogP) is 2.25. The van der Waals surface area contributed by atoms with Crippen molar-refractivity contribution >= 4 is 5.91 Å². The largest absolute Gasteiger partial charge is 0.496 e. The normalized spacial score (nSPS) is 18.7. The number of aromatic amines is 1. The van der Waals surface area contributed by atoms with E-state index in [4.69, 9.17) is 9.47 Å². The summed E-state index contributed by atoms with van der Waals surface area (Å²) < 4.78 is 10.7. The van der Waals surface area contributed by atoms with Gasteiger partial charge >= 0.3 is 0 Å². The molecule has 7 heteroatoms. The van der Waals surface area contributed by atoms with E-state index in [0.717, 1.165) is 50.3 Å². The average Bonchev–Trinajstić information content (AvgIpc) is 3.21. The zero-order valence-electron chi connectivity index (χ0n) is 17.5. The summed E-state index contributed by atoms with van der Waals surface area (Å²) >= 11 is 0. The number of hydrogen-bond donors (Lipinski definition) is 1. The Labute approximate surface area is 172 Å². The second-order valence-corrected chi connectivity index (χ2v) is 8.08. The Hall–Kier alpha value is -2.38. The molecule has 0 bridgehead atoms. The Morgan fingerprint density at radius 1 is 1.24 bits per heavy atom. The second kappa shape index (κ2) is 8.16. The van der Waals surface area contributed by atoms with E-state index in [1.54, 1.807) is 20.5 Å². The molecule has 156 valence electrons. The van der Waals surface area contributed by atoms with Crippen molar-refractivity contribution in [2.45, 2.75) is 38.3 Å².